The quantitative estimate of drug-likeness (QED) is 0.0264. The molecule has 0 aromatic heterocycles. The molecule has 1 heterocycles. The number of carbonyl (C=O) groups excluding carboxylic acids is 1. The van der Waals surface area contributed by atoms with Crippen LogP contribution in [0.15, 0.2) is 0 Å². The van der Waals surface area contributed by atoms with E-state index in [2.05, 4.69) is 47.3 Å². The van der Waals surface area contributed by atoms with E-state index in [0.717, 1.165) is 115 Å². The van der Waals surface area contributed by atoms with E-state index in [1.807, 2.05) is 21.6 Å². The summed E-state index contributed by atoms with van der Waals surface area (Å²) in [6, 6.07) is 0. The zero-order valence-corrected chi connectivity index (χ0v) is 54.7. The van der Waals surface area contributed by atoms with Crippen LogP contribution in [0.3, 0.4) is 0 Å². The van der Waals surface area contributed by atoms with Crippen molar-refractivity contribution in [2.24, 2.45) is 0 Å². The third-order valence-electron chi connectivity index (χ3n) is 16.7. The molecule has 1 aliphatic rings. The van der Waals surface area contributed by atoms with Gasteiger partial charge in [0, 0.05) is 83.4 Å². The molecule has 4 atom stereocenters. The lowest BCUT2D eigenvalue weighted by molar-refractivity contribution is -0.144. The predicted octanol–water partition coefficient (Wildman–Crippen LogP) is 16.4. The second-order valence-electron chi connectivity index (χ2n) is 24.6. The van der Waals surface area contributed by atoms with Crippen LogP contribution in [-0.2, 0) is 9.53 Å². The van der Waals surface area contributed by atoms with Gasteiger partial charge in [0.05, 0.1) is 24.4 Å². The Hall–Kier alpha value is -0.150. The molecule has 79 heavy (non-hydrogen) atoms. The molecule has 4 unspecified atom stereocenters. The third kappa shape index (κ3) is 53.1. The summed E-state index contributed by atoms with van der Waals surface area (Å²) in [5, 5.41) is 44.2. The maximum absolute atomic E-state index is 12.9. The Kier molecular flexibility index (Phi) is 58.0. The minimum absolute atomic E-state index is 0.143. The first-order valence-corrected chi connectivity index (χ1v) is 37.2. The van der Waals surface area contributed by atoms with Crippen molar-refractivity contribution in [3.63, 3.8) is 0 Å². The minimum atomic E-state index is -0.405. The van der Waals surface area contributed by atoms with Crippen LogP contribution < -0.4 is 0 Å². The van der Waals surface area contributed by atoms with Crippen molar-refractivity contribution >= 4 is 27.6 Å². The summed E-state index contributed by atoms with van der Waals surface area (Å²) in [6.07, 6.45) is 50.2. The fourth-order valence-electron chi connectivity index (χ4n) is 11.5. The van der Waals surface area contributed by atoms with Gasteiger partial charge < -0.3 is 25.2 Å². The molecule has 12 heteroatoms. The lowest BCUT2D eigenvalue weighted by Gasteiger charge is -2.34. The first-order valence-electron chi connectivity index (χ1n) is 34.7. The number of piperazine rings is 1. The minimum Gasteiger partial charge on any atom is -0.464 e. The summed E-state index contributed by atoms with van der Waals surface area (Å²) in [7, 11) is 3.94. The fourth-order valence-corrected chi connectivity index (χ4v) is 13.6. The van der Waals surface area contributed by atoms with Gasteiger partial charge in [-0.3, -0.25) is 24.4 Å². The monoisotopic (exact) mass is 1160 g/mol. The van der Waals surface area contributed by atoms with E-state index in [4.69, 9.17) is 4.74 Å². The van der Waals surface area contributed by atoms with Crippen LogP contribution >= 0.6 is 21.6 Å². The number of esters is 1. The van der Waals surface area contributed by atoms with Crippen LogP contribution in [0.2, 0.25) is 0 Å². The molecular weight excluding hydrogens is 1020 g/mol. The van der Waals surface area contributed by atoms with E-state index >= 15 is 0 Å². The second-order valence-corrected chi connectivity index (χ2v) is 27.3. The van der Waals surface area contributed by atoms with Crippen molar-refractivity contribution in [1.82, 2.24) is 19.6 Å². The first-order chi connectivity index (χ1) is 38.7. The number of hydrogen-bond donors (Lipinski definition) is 4. The van der Waals surface area contributed by atoms with E-state index in [1.54, 1.807) is 0 Å². The summed E-state index contributed by atoms with van der Waals surface area (Å²) in [5.41, 5.74) is 0. The number of ether oxygens (including phenoxy) is 1. The molecule has 1 fully saturated rings. The summed E-state index contributed by atoms with van der Waals surface area (Å²) >= 11 is 0. The van der Waals surface area contributed by atoms with E-state index in [1.165, 1.54) is 205 Å². The molecule has 0 radical (unpaired) electrons. The molecule has 0 bridgehead atoms. The summed E-state index contributed by atoms with van der Waals surface area (Å²) in [4.78, 5) is 22.4. The highest BCUT2D eigenvalue weighted by atomic mass is 33.1. The van der Waals surface area contributed by atoms with Crippen molar-refractivity contribution in [3.8, 4) is 0 Å². The molecule has 0 saturated carbocycles. The molecule has 10 nitrogen and oxygen atoms in total. The lowest BCUT2D eigenvalue weighted by Crippen LogP contribution is -2.47. The van der Waals surface area contributed by atoms with E-state index in [0.29, 0.717) is 52.2 Å². The van der Waals surface area contributed by atoms with Crippen LogP contribution in [-0.4, -0.2) is 167 Å². The Bertz CT molecular complexity index is 1180. The summed E-state index contributed by atoms with van der Waals surface area (Å²) in [5.74, 6) is 2.05. The number of nitrogens with zero attached hydrogens (tertiary/aromatic N) is 4. The Morgan fingerprint density at radius 3 is 0.987 bits per heavy atom. The van der Waals surface area contributed by atoms with Crippen molar-refractivity contribution in [3.05, 3.63) is 0 Å². The molecule has 1 aliphatic heterocycles. The standard InChI is InChI=1S/C67H136N4O6S2/c1-5-9-13-17-21-25-27-31-35-39-43-63(72)59-70(60-64(73)44-40-36-32-28-26-22-18-14-10-6-2)48-41-47-67(76)77-56-54-68-50-52-69(53-51-68)55-58-79-78-57-42-49-71(61-65(74)45-37-33-29-23-19-15-11-7-3)62-66(75)46-38-34-30-24-20-16-12-8-4/h63-66,72-75H,5-62H2,1-4H3. The Morgan fingerprint density at radius 2 is 0.658 bits per heavy atom. The van der Waals surface area contributed by atoms with Gasteiger partial charge >= 0.3 is 5.97 Å². The molecule has 0 aliphatic carbocycles. The van der Waals surface area contributed by atoms with Gasteiger partial charge in [-0.2, -0.15) is 0 Å². The average molecular weight is 1160 g/mol. The van der Waals surface area contributed by atoms with Gasteiger partial charge in [-0.1, -0.05) is 280 Å². The van der Waals surface area contributed by atoms with Crippen LogP contribution in [0, 0.1) is 0 Å². The predicted molar refractivity (Wildman–Crippen MR) is 347 cm³/mol. The number of aliphatic hydroxyl groups excluding tert-OH is 4. The smallest absolute Gasteiger partial charge is 0.305 e. The molecule has 0 spiro atoms. The number of hydrogen-bond acceptors (Lipinski definition) is 12. The molecule has 472 valence electrons. The van der Waals surface area contributed by atoms with Crippen LogP contribution in [0.4, 0.5) is 0 Å². The van der Waals surface area contributed by atoms with Gasteiger partial charge in [-0.15, -0.1) is 0 Å². The summed E-state index contributed by atoms with van der Waals surface area (Å²) < 4.78 is 5.74. The number of rotatable bonds is 63. The Morgan fingerprint density at radius 1 is 0.380 bits per heavy atom. The van der Waals surface area contributed by atoms with Gasteiger partial charge in [-0.25, -0.2) is 0 Å². The fraction of sp³-hybridized carbons (Fsp3) is 0.985. The van der Waals surface area contributed by atoms with Gasteiger partial charge in [0.25, 0.3) is 0 Å². The third-order valence-corrected chi connectivity index (χ3v) is 19.2. The summed E-state index contributed by atoms with van der Waals surface area (Å²) in [6.45, 7) is 19.5. The highest BCUT2D eigenvalue weighted by Gasteiger charge is 2.20. The zero-order chi connectivity index (χ0) is 57.3. The molecular formula is C67H136N4O6S2. The highest BCUT2D eigenvalue weighted by molar-refractivity contribution is 8.76. The largest absolute Gasteiger partial charge is 0.464 e. The normalized spacial score (nSPS) is 15.2. The van der Waals surface area contributed by atoms with E-state index in [9.17, 15) is 25.2 Å². The molecule has 0 amide bonds. The van der Waals surface area contributed by atoms with Crippen LogP contribution in [0.25, 0.3) is 0 Å². The van der Waals surface area contributed by atoms with Gasteiger partial charge in [0.2, 0.25) is 0 Å². The number of unbranched alkanes of at least 4 members (excludes halogenated alkanes) is 32. The van der Waals surface area contributed by atoms with Gasteiger partial charge in [0.1, 0.15) is 6.61 Å². The maximum atomic E-state index is 12.9. The lowest BCUT2D eigenvalue weighted by atomic mass is 10.0. The SMILES string of the molecule is CCCCCCCCCCCCC(O)CN(CCCC(=O)OCCN1CCN(CCSSCCCN(CC(O)CCCCCCCCCC)CC(O)CCCCCCCCCC)CC1)CC(O)CCCCCCCCCCCC. The second kappa shape index (κ2) is 59.6. The van der Waals surface area contributed by atoms with E-state index < -0.39 is 12.2 Å². The molecule has 0 aromatic carbocycles. The van der Waals surface area contributed by atoms with Crippen molar-refractivity contribution < 1.29 is 30.0 Å². The number of aliphatic hydroxyl groups is 4. The molecule has 1 rings (SSSR count). The highest BCUT2D eigenvalue weighted by Crippen LogP contribution is 2.23. The van der Waals surface area contributed by atoms with Crippen LogP contribution in [0.5, 0.6) is 0 Å². The number of carbonyl (C=O) groups is 1. The average Bonchev–Trinajstić information content (AvgIpc) is 3.43. The van der Waals surface area contributed by atoms with Crippen molar-refractivity contribution in [2.45, 2.75) is 328 Å². The first kappa shape index (κ1) is 76.9. The van der Waals surface area contributed by atoms with Crippen molar-refractivity contribution in [2.75, 3.05) is 96.6 Å². The maximum Gasteiger partial charge on any atom is 0.305 e. The Labute approximate surface area is 499 Å². The van der Waals surface area contributed by atoms with Crippen LogP contribution in [0.1, 0.15) is 304 Å². The van der Waals surface area contributed by atoms with Gasteiger partial charge in [0.15, 0.2) is 0 Å². The molecule has 4 N–H and O–H groups in total. The topological polar surface area (TPSA) is 120 Å². The Balaban J connectivity index is 2.38. The van der Waals surface area contributed by atoms with E-state index in [-0.39, 0.29) is 18.2 Å². The molecule has 0 aromatic rings. The van der Waals surface area contributed by atoms with Gasteiger partial charge in [-0.05, 0) is 51.6 Å². The zero-order valence-electron chi connectivity index (χ0n) is 53.0. The van der Waals surface area contributed by atoms with Crippen molar-refractivity contribution in [1.29, 1.82) is 0 Å². The molecule has 1 saturated heterocycles.